The summed E-state index contributed by atoms with van der Waals surface area (Å²) in [6.45, 7) is 0.694. The summed E-state index contributed by atoms with van der Waals surface area (Å²) in [5, 5.41) is 0.525. The molecule has 5 rings (SSSR count). The van der Waals surface area contributed by atoms with E-state index in [1.54, 1.807) is 24.3 Å². The van der Waals surface area contributed by atoms with Gasteiger partial charge in [0.15, 0.2) is 18.2 Å². The zero-order valence-corrected chi connectivity index (χ0v) is 21.6. The Bertz CT molecular complexity index is 1450. The van der Waals surface area contributed by atoms with Gasteiger partial charge in [0.25, 0.3) is 0 Å². The van der Waals surface area contributed by atoms with Crippen LogP contribution in [0.1, 0.15) is 31.2 Å². The number of hydrogen-bond donors (Lipinski definition) is 0. The monoisotopic (exact) mass is 540 g/mol. The summed E-state index contributed by atoms with van der Waals surface area (Å²) in [6.07, 6.45) is 4.67. The van der Waals surface area contributed by atoms with E-state index in [1.807, 2.05) is 22.8 Å². The number of rotatable bonds is 9. The highest BCUT2D eigenvalue weighted by Crippen LogP contribution is 2.36. The maximum atomic E-state index is 14.3. The van der Waals surface area contributed by atoms with Gasteiger partial charge in [0.05, 0.1) is 30.3 Å². The highest BCUT2D eigenvalue weighted by Gasteiger charge is 2.21. The minimum atomic E-state index is -0.963. The second-order valence-corrected chi connectivity index (χ2v) is 9.82. The molecule has 0 atom stereocenters. The van der Waals surface area contributed by atoms with Crippen LogP contribution in [-0.2, 0) is 16.1 Å². The molecule has 4 aromatic rings. The molecule has 1 saturated carbocycles. The fourth-order valence-corrected chi connectivity index (χ4v) is 4.91. The van der Waals surface area contributed by atoms with Gasteiger partial charge in [0.1, 0.15) is 17.3 Å². The van der Waals surface area contributed by atoms with Crippen molar-refractivity contribution in [3.05, 3.63) is 76.8 Å². The Labute approximate surface area is 224 Å². The molecular formula is C29H27ClF2N2O4. The second kappa shape index (κ2) is 11.4. The van der Waals surface area contributed by atoms with E-state index in [0.717, 1.165) is 30.5 Å². The summed E-state index contributed by atoms with van der Waals surface area (Å²) in [5.41, 5.74) is 2.32. The lowest BCUT2D eigenvalue weighted by molar-refractivity contribution is -0.142. The molecule has 1 aliphatic carbocycles. The quantitative estimate of drug-likeness (QED) is 0.218. The van der Waals surface area contributed by atoms with E-state index in [0.29, 0.717) is 58.0 Å². The molecule has 38 heavy (non-hydrogen) atoms. The third-order valence-corrected chi connectivity index (χ3v) is 7.01. The van der Waals surface area contributed by atoms with Crippen LogP contribution in [0.2, 0.25) is 5.02 Å². The van der Waals surface area contributed by atoms with Gasteiger partial charge in [-0.25, -0.2) is 18.6 Å². The van der Waals surface area contributed by atoms with Crippen LogP contribution in [0.4, 0.5) is 8.78 Å². The van der Waals surface area contributed by atoms with E-state index >= 15 is 0 Å². The number of nitrogens with zero attached hydrogens (tertiary/aromatic N) is 2. The molecule has 1 fully saturated rings. The van der Waals surface area contributed by atoms with Crippen molar-refractivity contribution in [3.63, 3.8) is 0 Å². The maximum Gasteiger partial charge on any atom is 0.343 e. The predicted octanol–water partition coefficient (Wildman–Crippen LogP) is 6.80. The van der Waals surface area contributed by atoms with Gasteiger partial charge in [0, 0.05) is 23.7 Å². The Hall–Kier alpha value is -3.65. The summed E-state index contributed by atoms with van der Waals surface area (Å²) < 4.78 is 46.5. The van der Waals surface area contributed by atoms with Crippen LogP contribution < -0.4 is 9.47 Å². The van der Waals surface area contributed by atoms with E-state index in [9.17, 15) is 13.6 Å². The largest absolute Gasteiger partial charge is 0.492 e. The van der Waals surface area contributed by atoms with Crippen molar-refractivity contribution in [1.82, 2.24) is 9.55 Å². The first kappa shape index (κ1) is 26.0. The molecule has 0 saturated heterocycles. The van der Waals surface area contributed by atoms with Gasteiger partial charge >= 0.3 is 5.97 Å². The molecule has 1 heterocycles. The van der Waals surface area contributed by atoms with Gasteiger partial charge in [-0.1, -0.05) is 36.6 Å². The van der Waals surface area contributed by atoms with Gasteiger partial charge in [-0.2, -0.15) is 0 Å². The first-order chi connectivity index (χ1) is 18.4. The lowest BCUT2D eigenvalue weighted by Crippen LogP contribution is -2.12. The molecule has 0 radical (unpaired) electrons. The van der Waals surface area contributed by atoms with Crippen LogP contribution in [0, 0.1) is 17.6 Å². The summed E-state index contributed by atoms with van der Waals surface area (Å²) in [5.74, 6) is -0.318. The van der Waals surface area contributed by atoms with Gasteiger partial charge in [-0.05, 0) is 54.7 Å². The zero-order valence-electron chi connectivity index (χ0n) is 20.9. The fraction of sp³-hybridized carbons (Fsp3) is 0.310. The number of benzene rings is 3. The molecule has 0 amide bonds. The van der Waals surface area contributed by atoms with Crippen molar-refractivity contribution in [3.8, 4) is 22.9 Å². The predicted molar refractivity (Wildman–Crippen MR) is 141 cm³/mol. The van der Waals surface area contributed by atoms with E-state index < -0.39 is 17.6 Å². The molecule has 1 aliphatic rings. The highest BCUT2D eigenvalue weighted by atomic mass is 35.5. The number of fused-ring (bicyclic) bond motifs is 1. The number of imidazole rings is 1. The Morgan fingerprint density at radius 2 is 1.76 bits per heavy atom. The van der Waals surface area contributed by atoms with Crippen molar-refractivity contribution < 1.29 is 27.8 Å². The smallest absolute Gasteiger partial charge is 0.343 e. The number of methoxy groups -OCH3 is 1. The maximum absolute atomic E-state index is 14.3. The van der Waals surface area contributed by atoms with Crippen molar-refractivity contribution in [2.75, 3.05) is 20.3 Å². The van der Waals surface area contributed by atoms with Gasteiger partial charge in [0.2, 0.25) is 0 Å². The SMILES string of the molecule is COC(=O)COc1ccc(Cn2c(-c3ccc(Cl)cc3OCC3CCCC3)nc3cc(F)c(F)cc32)cc1. The normalized spacial score (nSPS) is 13.7. The number of carbonyl (C=O) groups is 1. The minimum Gasteiger partial charge on any atom is -0.492 e. The van der Waals surface area contributed by atoms with Gasteiger partial charge in [-0.3, -0.25) is 0 Å². The van der Waals surface area contributed by atoms with Crippen molar-refractivity contribution in [2.24, 2.45) is 5.92 Å². The molecule has 0 N–H and O–H groups in total. The molecule has 1 aromatic heterocycles. The second-order valence-electron chi connectivity index (χ2n) is 9.39. The number of ether oxygens (including phenoxy) is 3. The van der Waals surface area contributed by atoms with Crippen molar-refractivity contribution in [2.45, 2.75) is 32.2 Å². The Morgan fingerprint density at radius 1 is 1.03 bits per heavy atom. The minimum absolute atomic E-state index is 0.197. The first-order valence-electron chi connectivity index (χ1n) is 12.5. The van der Waals surface area contributed by atoms with Crippen molar-refractivity contribution in [1.29, 1.82) is 0 Å². The van der Waals surface area contributed by atoms with Crippen LogP contribution in [-0.4, -0.2) is 35.8 Å². The average Bonchev–Trinajstić information content (AvgIpc) is 3.56. The third kappa shape index (κ3) is 5.75. The van der Waals surface area contributed by atoms with E-state index in [4.69, 9.17) is 21.1 Å². The fourth-order valence-electron chi connectivity index (χ4n) is 4.75. The topological polar surface area (TPSA) is 62.6 Å². The molecule has 3 aromatic carbocycles. The summed E-state index contributed by atoms with van der Waals surface area (Å²) in [6, 6.07) is 14.7. The first-order valence-corrected chi connectivity index (χ1v) is 12.9. The molecular weight excluding hydrogens is 514 g/mol. The van der Waals surface area contributed by atoms with E-state index in [-0.39, 0.29) is 6.61 Å². The average molecular weight is 541 g/mol. The van der Waals surface area contributed by atoms with Gasteiger partial charge in [-0.15, -0.1) is 0 Å². The summed E-state index contributed by atoms with van der Waals surface area (Å²) in [7, 11) is 1.29. The van der Waals surface area contributed by atoms with Gasteiger partial charge < -0.3 is 18.8 Å². The molecule has 0 spiro atoms. The lowest BCUT2D eigenvalue weighted by Gasteiger charge is -2.16. The molecule has 9 heteroatoms. The molecule has 198 valence electrons. The summed E-state index contributed by atoms with van der Waals surface area (Å²) >= 11 is 6.31. The number of carbonyl (C=O) groups excluding carboxylic acids is 1. The molecule has 0 unspecified atom stereocenters. The van der Waals surface area contributed by atoms with Crippen LogP contribution in [0.5, 0.6) is 11.5 Å². The third-order valence-electron chi connectivity index (χ3n) is 6.77. The molecule has 0 bridgehead atoms. The highest BCUT2D eigenvalue weighted by molar-refractivity contribution is 6.30. The van der Waals surface area contributed by atoms with E-state index in [1.165, 1.54) is 20.0 Å². The summed E-state index contributed by atoms with van der Waals surface area (Å²) in [4.78, 5) is 16.0. The Kier molecular flexibility index (Phi) is 7.79. The number of esters is 1. The van der Waals surface area contributed by atoms with Crippen LogP contribution in [0.15, 0.2) is 54.6 Å². The van der Waals surface area contributed by atoms with Crippen LogP contribution >= 0.6 is 11.6 Å². The number of hydrogen-bond acceptors (Lipinski definition) is 5. The van der Waals surface area contributed by atoms with Crippen molar-refractivity contribution >= 4 is 28.6 Å². The molecule has 0 aliphatic heterocycles. The number of halogens is 3. The van der Waals surface area contributed by atoms with Crippen LogP contribution in [0.25, 0.3) is 22.4 Å². The Morgan fingerprint density at radius 3 is 2.50 bits per heavy atom. The molecule has 6 nitrogen and oxygen atoms in total. The lowest BCUT2D eigenvalue weighted by atomic mass is 10.1. The van der Waals surface area contributed by atoms with E-state index in [2.05, 4.69) is 9.72 Å². The number of aromatic nitrogens is 2. The zero-order chi connectivity index (χ0) is 26.6. The van der Waals surface area contributed by atoms with Crippen LogP contribution in [0.3, 0.4) is 0 Å². The standard InChI is InChI=1S/C29H27ClF2N2O4/c1-36-28(35)17-37-21-9-6-18(7-10-21)15-34-26-14-24(32)23(31)13-25(26)33-29(34)22-11-8-20(30)12-27(22)38-16-19-4-2-3-5-19/h6-14,19H,2-5,15-17H2,1H3. The Balaban J connectivity index is 1.51.